The van der Waals surface area contributed by atoms with E-state index >= 15 is 0 Å². The van der Waals surface area contributed by atoms with Crippen LogP contribution in [0.25, 0.3) is 0 Å². The summed E-state index contributed by atoms with van der Waals surface area (Å²) in [5.74, 6) is 0.0291. The van der Waals surface area contributed by atoms with Gasteiger partial charge in [0.1, 0.15) is 23.3 Å². The van der Waals surface area contributed by atoms with Gasteiger partial charge in [0.05, 0.1) is 6.04 Å². The van der Waals surface area contributed by atoms with Gasteiger partial charge >= 0.3 is 6.03 Å². The number of aryl methyl sites for hydroxylation is 2. The van der Waals surface area contributed by atoms with E-state index in [0.29, 0.717) is 18.9 Å². The molecule has 2 amide bonds. The molecule has 0 aliphatic carbocycles. The molecule has 0 saturated carbocycles. The first-order valence-corrected chi connectivity index (χ1v) is 6.84. The van der Waals surface area contributed by atoms with Gasteiger partial charge in [0.25, 0.3) is 0 Å². The maximum Gasteiger partial charge on any atom is 0.321 e. The Morgan fingerprint density at radius 1 is 1.23 bits per heavy atom. The van der Waals surface area contributed by atoms with Gasteiger partial charge in [0.2, 0.25) is 0 Å². The van der Waals surface area contributed by atoms with Crippen LogP contribution in [-0.2, 0) is 0 Å². The number of aromatic nitrogens is 3. The minimum absolute atomic E-state index is 0.0798. The van der Waals surface area contributed by atoms with E-state index in [1.807, 2.05) is 13.8 Å². The van der Waals surface area contributed by atoms with E-state index in [2.05, 4.69) is 15.4 Å². The number of halogens is 2. The molecule has 1 aromatic heterocycles. The summed E-state index contributed by atoms with van der Waals surface area (Å²) in [4.78, 5) is 17.8. The van der Waals surface area contributed by atoms with Crippen molar-refractivity contribution in [3.05, 3.63) is 41.5 Å². The third kappa shape index (κ3) is 2.76. The molecule has 8 heteroatoms. The number of carbonyl (C=O) groups is 1. The molecule has 2 heterocycles. The summed E-state index contributed by atoms with van der Waals surface area (Å²) in [5, 5.41) is 6.76. The maximum atomic E-state index is 13.1. The number of carbonyl (C=O) groups excluding carboxylic acids is 1. The summed E-state index contributed by atoms with van der Waals surface area (Å²) in [6.07, 6.45) is 0. The molecule has 0 spiro atoms. The second kappa shape index (κ2) is 5.36. The van der Waals surface area contributed by atoms with Crippen molar-refractivity contribution in [1.82, 2.24) is 19.7 Å². The fourth-order valence-electron chi connectivity index (χ4n) is 2.49. The fourth-order valence-corrected chi connectivity index (χ4v) is 2.49. The van der Waals surface area contributed by atoms with Crippen molar-refractivity contribution in [3.63, 3.8) is 0 Å². The van der Waals surface area contributed by atoms with E-state index < -0.39 is 17.7 Å². The van der Waals surface area contributed by atoms with Crippen molar-refractivity contribution in [2.45, 2.75) is 19.9 Å². The Bertz CT molecular complexity index is 704. The average Bonchev–Trinajstić information content (AvgIpc) is 2.65. The topological polar surface area (TPSA) is 63.1 Å². The van der Waals surface area contributed by atoms with Crippen LogP contribution in [0.1, 0.15) is 17.7 Å². The Hall–Kier alpha value is -2.51. The summed E-state index contributed by atoms with van der Waals surface area (Å²) in [5.41, 5.74) is 0.0960. The van der Waals surface area contributed by atoms with E-state index in [9.17, 15) is 13.6 Å². The Kier molecular flexibility index (Phi) is 3.51. The van der Waals surface area contributed by atoms with Crippen LogP contribution in [0.3, 0.4) is 0 Å². The Morgan fingerprint density at radius 3 is 2.41 bits per heavy atom. The highest BCUT2D eigenvalue weighted by Crippen LogP contribution is 2.23. The molecule has 1 aliphatic rings. The summed E-state index contributed by atoms with van der Waals surface area (Å²) >= 11 is 0. The number of anilines is 1. The molecule has 22 heavy (non-hydrogen) atoms. The highest BCUT2D eigenvalue weighted by molar-refractivity contribution is 5.89. The molecule has 0 atom stereocenters. The normalized spacial score (nSPS) is 14.8. The molecule has 1 aromatic carbocycles. The van der Waals surface area contributed by atoms with Crippen LogP contribution in [0.4, 0.5) is 19.3 Å². The lowest BCUT2D eigenvalue weighted by Gasteiger charge is -2.39. The Morgan fingerprint density at radius 2 is 1.86 bits per heavy atom. The highest BCUT2D eigenvalue weighted by atomic mass is 19.1. The average molecular weight is 307 g/mol. The molecule has 1 aliphatic heterocycles. The Labute approximate surface area is 125 Å². The van der Waals surface area contributed by atoms with Crippen molar-refractivity contribution in [2.75, 3.05) is 18.4 Å². The van der Waals surface area contributed by atoms with Crippen LogP contribution in [0, 0.1) is 25.5 Å². The lowest BCUT2D eigenvalue weighted by atomic mass is 10.1. The fraction of sp³-hybridized carbons (Fsp3) is 0.357. The number of hydrogen-bond donors (Lipinski definition) is 1. The zero-order chi connectivity index (χ0) is 15.9. The Balaban J connectivity index is 1.60. The van der Waals surface area contributed by atoms with Crippen molar-refractivity contribution >= 4 is 11.7 Å². The van der Waals surface area contributed by atoms with Crippen LogP contribution in [0.5, 0.6) is 0 Å². The molecular formula is C14H15F2N5O. The van der Waals surface area contributed by atoms with Gasteiger partial charge in [-0.05, 0) is 26.0 Å². The van der Waals surface area contributed by atoms with Crippen LogP contribution >= 0.6 is 0 Å². The van der Waals surface area contributed by atoms with E-state index in [1.54, 1.807) is 9.58 Å². The van der Waals surface area contributed by atoms with Crippen molar-refractivity contribution in [2.24, 2.45) is 0 Å². The minimum atomic E-state index is -0.731. The van der Waals surface area contributed by atoms with Crippen LogP contribution in [0.15, 0.2) is 18.2 Å². The smallest absolute Gasteiger partial charge is 0.320 e. The van der Waals surface area contributed by atoms with Crippen molar-refractivity contribution in [1.29, 1.82) is 0 Å². The largest absolute Gasteiger partial charge is 0.321 e. The second-order valence-corrected chi connectivity index (χ2v) is 5.30. The summed E-state index contributed by atoms with van der Waals surface area (Å²) in [7, 11) is 0. The lowest BCUT2D eigenvalue weighted by Crippen LogP contribution is -2.52. The molecule has 116 valence electrons. The number of nitrogens with one attached hydrogen (secondary N) is 1. The first-order valence-electron chi connectivity index (χ1n) is 6.84. The third-order valence-corrected chi connectivity index (χ3v) is 3.52. The third-order valence-electron chi connectivity index (χ3n) is 3.52. The number of amides is 2. The number of hydrogen-bond acceptors (Lipinski definition) is 3. The molecule has 0 bridgehead atoms. The quantitative estimate of drug-likeness (QED) is 0.925. The number of nitrogens with zero attached hydrogens (tertiary/aromatic N) is 4. The lowest BCUT2D eigenvalue weighted by molar-refractivity contribution is 0.126. The van der Waals surface area contributed by atoms with Gasteiger partial charge < -0.3 is 10.2 Å². The number of urea groups is 1. The van der Waals surface area contributed by atoms with E-state index in [4.69, 9.17) is 0 Å². The van der Waals surface area contributed by atoms with Gasteiger partial charge in [0, 0.05) is 24.8 Å². The molecular weight excluding hydrogens is 292 g/mol. The van der Waals surface area contributed by atoms with Gasteiger partial charge in [-0.2, -0.15) is 5.10 Å². The number of rotatable bonds is 2. The molecule has 1 fully saturated rings. The molecule has 3 rings (SSSR count). The predicted octanol–water partition coefficient (Wildman–Crippen LogP) is 2.26. The maximum absolute atomic E-state index is 13.1. The van der Waals surface area contributed by atoms with E-state index in [0.717, 1.165) is 24.0 Å². The monoisotopic (exact) mass is 307 g/mol. The van der Waals surface area contributed by atoms with Crippen molar-refractivity contribution in [3.8, 4) is 0 Å². The van der Waals surface area contributed by atoms with Gasteiger partial charge in [-0.3, -0.25) is 0 Å². The molecule has 0 radical (unpaired) electrons. The predicted molar refractivity (Wildman–Crippen MR) is 75.5 cm³/mol. The van der Waals surface area contributed by atoms with Crippen LogP contribution < -0.4 is 5.32 Å². The zero-order valence-corrected chi connectivity index (χ0v) is 12.2. The number of benzene rings is 1. The van der Waals surface area contributed by atoms with Gasteiger partial charge in [-0.1, -0.05) is 0 Å². The van der Waals surface area contributed by atoms with Gasteiger partial charge in [-0.25, -0.2) is 23.2 Å². The first kappa shape index (κ1) is 14.4. The summed E-state index contributed by atoms with van der Waals surface area (Å²) in [6, 6.07) is 2.59. The van der Waals surface area contributed by atoms with E-state index in [1.165, 1.54) is 0 Å². The van der Waals surface area contributed by atoms with Gasteiger partial charge in [-0.15, -0.1) is 0 Å². The molecule has 2 aromatic rings. The molecule has 6 nitrogen and oxygen atoms in total. The molecule has 1 N–H and O–H groups in total. The SMILES string of the molecule is Cc1nc(C)n(C2CN(C(=O)Nc3cc(F)cc(F)c3)C2)n1. The molecule has 0 unspecified atom stereocenters. The second-order valence-electron chi connectivity index (χ2n) is 5.30. The molecule has 1 saturated heterocycles. The summed E-state index contributed by atoms with van der Waals surface area (Å²) in [6.45, 7) is 4.63. The zero-order valence-electron chi connectivity index (χ0n) is 12.2. The van der Waals surface area contributed by atoms with E-state index in [-0.39, 0.29) is 11.7 Å². The highest BCUT2D eigenvalue weighted by Gasteiger charge is 2.33. The summed E-state index contributed by atoms with van der Waals surface area (Å²) < 4.78 is 28.0. The minimum Gasteiger partial charge on any atom is -0.320 e. The van der Waals surface area contributed by atoms with Gasteiger partial charge in [0.15, 0.2) is 0 Å². The van der Waals surface area contributed by atoms with Crippen LogP contribution in [-0.4, -0.2) is 38.8 Å². The number of likely N-dealkylation sites (tertiary alicyclic amines) is 1. The first-order chi connectivity index (χ1) is 10.4. The van der Waals surface area contributed by atoms with Crippen LogP contribution in [0.2, 0.25) is 0 Å². The standard InChI is InChI=1S/C14H15F2N5O/c1-8-17-9(2)21(19-8)13-6-20(7-13)14(22)18-12-4-10(15)3-11(16)5-12/h3-5,13H,6-7H2,1-2H3,(H,18,22). The van der Waals surface area contributed by atoms with Crippen molar-refractivity contribution < 1.29 is 13.6 Å².